The van der Waals surface area contributed by atoms with E-state index in [0.717, 1.165) is 29.2 Å². The third-order valence-electron chi connectivity index (χ3n) is 4.95. The maximum atomic E-state index is 9.00. The Hall–Kier alpha value is -3.58. The summed E-state index contributed by atoms with van der Waals surface area (Å²) in [5, 5.41) is 9.00. The lowest BCUT2D eigenvalue weighted by Crippen LogP contribution is -2.00. The van der Waals surface area contributed by atoms with Crippen molar-refractivity contribution in [1.82, 2.24) is 14.1 Å². The molecular weight excluding hydrogens is 320 g/mol. The van der Waals surface area contributed by atoms with Gasteiger partial charge in [0.1, 0.15) is 0 Å². The Labute approximate surface area is 151 Å². The van der Waals surface area contributed by atoms with Crippen molar-refractivity contribution >= 4 is 0 Å². The minimum atomic E-state index is 0.675. The maximum Gasteiger partial charge on any atom is 0.161 e. The summed E-state index contributed by atoms with van der Waals surface area (Å²) in [6.07, 6.45) is 6.05. The molecule has 0 bridgehead atoms. The minimum absolute atomic E-state index is 0.675. The summed E-state index contributed by atoms with van der Waals surface area (Å²) in [6, 6.07) is 18.6. The molecule has 5 rings (SSSR count). The predicted octanol–water partition coefficient (Wildman–Crippen LogP) is 4.55. The zero-order valence-corrected chi connectivity index (χ0v) is 14.3. The minimum Gasteiger partial charge on any atom is -0.340 e. The normalized spacial score (nSPS) is 11.8. The number of rotatable bonds is 1. The molecule has 0 unspecified atom stereocenters. The van der Waals surface area contributed by atoms with Gasteiger partial charge >= 0.3 is 0 Å². The molecule has 26 heavy (non-hydrogen) atoms. The van der Waals surface area contributed by atoms with Gasteiger partial charge in [0.05, 0.1) is 23.0 Å². The second-order valence-electron chi connectivity index (χ2n) is 6.68. The number of nitrogens with zero attached hydrogens (tertiary/aromatic N) is 4. The predicted molar refractivity (Wildman–Crippen MR) is 101 cm³/mol. The zero-order valence-electron chi connectivity index (χ0n) is 14.3. The molecule has 0 saturated carbocycles. The molecule has 4 aromatic rings. The van der Waals surface area contributed by atoms with Crippen LogP contribution in [0.4, 0.5) is 0 Å². The standard InChI is InChI=1S/C22H16N4/c1-15-2-7-20-19(10-15)14-25-13-18(17-5-3-16(12-23)4-6-17)11-21(25)22-24-8-9-26(20)22/h2-11,13H,14H2,1H3. The summed E-state index contributed by atoms with van der Waals surface area (Å²) in [5.41, 5.74) is 7.74. The van der Waals surface area contributed by atoms with Gasteiger partial charge in [-0.1, -0.05) is 29.8 Å². The van der Waals surface area contributed by atoms with E-state index >= 15 is 0 Å². The highest BCUT2D eigenvalue weighted by atomic mass is 15.1. The van der Waals surface area contributed by atoms with Gasteiger partial charge in [-0.05, 0) is 42.3 Å². The summed E-state index contributed by atoms with van der Waals surface area (Å²) in [6.45, 7) is 2.94. The number of hydrogen-bond donors (Lipinski definition) is 0. The monoisotopic (exact) mass is 336 g/mol. The SMILES string of the molecule is Cc1ccc2c(c1)Cn1cc(-c3ccc(C#N)cc3)cc1-c1nccn1-2. The van der Waals surface area contributed by atoms with Gasteiger partial charge in [0.25, 0.3) is 0 Å². The van der Waals surface area contributed by atoms with E-state index in [1.54, 1.807) is 0 Å². The van der Waals surface area contributed by atoms with E-state index in [-0.39, 0.29) is 0 Å². The first-order valence-electron chi connectivity index (χ1n) is 8.57. The molecule has 1 aliphatic heterocycles. The number of hydrogen-bond acceptors (Lipinski definition) is 2. The number of benzene rings is 2. The summed E-state index contributed by atoms with van der Waals surface area (Å²) < 4.78 is 4.42. The second kappa shape index (κ2) is 5.47. The first-order chi connectivity index (χ1) is 12.7. The van der Waals surface area contributed by atoms with E-state index in [9.17, 15) is 0 Å². The fraction of sp³-hybridized carbons (Fsp3) is 0.0909. The second-order valence-corrected chi connectivity index (χ2v) is 6.68. The van der Waals surface area contributed by atoms with Gasteiger partial charge in [-0.25, -0.2) is 4.98 Å². The van der Waals surface area contributed by atoms with Crippen LogP contribution >= 0.6 is 0 Å². The van der Waals surface area contributed by atoms with Gasteiger partial charge in [-0.2, -0.15) is 5.26 Å². The van der Waals surface area contributed by atoms with Gasteiger partial charge in [0.2, 0.25) is 0 Å². The van der Waals surface area contributed by atoms with E-state index in [0.29, 0.717) is 5.56 Å². The zero-order chi connectivity index (χ0) is 17.7. The van der Waals surface area contributed by atoms with Crippen LogP contribution in [-0.4, -0.2) is 14.1 Å². The highest BCUT2D eigenvalue weighted by Crippen LogP contribution is 2.34. The molecule has 3 heterocycles. The molecule has 2 aromatic carbocycles. The van der Waals surface area contributed by atoms with Crippen molar-refractivity contribution in [2.75, 3.05) is 0 Å². The summed E-state index contributed by atoms with van der Waals surface area (Å²) >= 11 is 0. The van der Waals surface area contributed by atoms with Crippen LogP contribution < -0.4 is 0 Å². The fourth-order valence-electron chi connectivity index (χ4n) is 3.67. The average molecular weight is 336 g/mol. The van der Waals surface area contributed by atoms with E-state index in [1.165, 1.54) is 16.8 Å². The highest BCUT2D eigenvalue weighted by Gasteiger charge is 2.21. The van der Waals surface area contributed by atoms with E-state index in [4.69, 9.17) is 5.26 Å². The molecule has 0 radical (unpaired) electrons. The first-order valence-corrected chi connectivity index (χ1v) is 8.57. The number of fused-ring (bicyclic) bond motifs is 5. The number of imidazole rings is 1. The Morgan fingerprint density at radius 2 is 1.88 bits per heavy atom. The Morgan fingerprint density at radius 3 is 2.69 bits per heavy atom. The van der Waals surface area contributed by atoms with Crippen molar-refractivity contribution in [1.29, 1.82) is 5.26 Å². The molecule has 0 saturated heterocycles. The molecule has 0 atom stereocenters. The van der Waals surface area contributed by atoms with Crippen LogP contribution in [0.1, 0.15) is 16.7 Å². The Balaban J connectivity index is 1.68. The van der Waals surface area contributed by atoms with Crippen LogP contribution in [0.15, 0.2) is 67.1 Å². The molecule has 1 aliphatic rings. The van der Waals surface area contributed by atoms with E-state index in [1.807, 2.05) is 36.7 Å². The third kappa shape index (κ3) is 2.18. The maximum absolute atomic E-state index is 9.00. The fourth-order valence-corrected chi connectivity index (χ4v) is 3.67. The van der Waals surface area contributed by atoms with Crippen LogP contribution in [-0.2, 0) is 6.54 Å². The van der Waals surface area contributed by atoms with Crippen LogP contribution in [0, 0.1) is 18.3 Å². The van der Waals surface area contributed by atoms with Crippen LogP contribution in [0.3, 0.4) is 0 Å². The molecule has 2 aromatic heterocycles. The summed E-state index contributed by atoms with van der Waals surface area (Å²) in [4.78, 5) is 4.61. The molecule has 124 valence electrons. The molecule has 0 spiro atoms. The van der Waals surface area contributed by atoms with Gasteiger partial charge in [0, 0.05) is 30.7 Å². The topological polar surface area (TPSA) is 46.5 Å². The molecule has 0 amide bonds. The number of aryl methyl sites for hydroxylation is 1. The van der Waals surface area contributed by atoms with Crippen LogP contribution in [0.2, 0.25) is 0 Å². The lowest BCUT2D eigenvalue weighted by atomic mass is 10.1. The Kier molecular flexibility index (Phi) is 3.10. The lowest BCUT2D eigenvalue weighted by Gasteiger charge is -2.10. The van der Waals surface area contributed by atoms with Crippen molar-refractivity contribution in [3.05, 3.63) is 83.8 Å². The molecular formula is C22H16N4. The smallest absolute Gasteiger partial charge is 0.161 e. The summed E-state index contributed by atoms with van der Waals surface area (Å²) in [7, 11) is 0. The van der Waals surface area contributed by atoms with Gasteiger partial charge in [-0.15, -0.1) is 0 Å². The molecule has 4 heteroatoms. The van der Waals surface area contributed by atoms with Crippen LogP contribution in [0.25, 0.3) is 28.3 Å². The average Bonchev–Trinajstić information content (AvgIpc) is 3.27. The van der Waals surface area contributed by atoms with Crippen molar-refractivity contribution < 1.29 is 0 Å². The van der Waals surface area contributed by atoms with Crippen LogP contribution in [0.5, 0.6) is 0 Å². The molecule has 4 nitrogen and oxygen atoms in total. The van der Waals surface area contributed by atoms with E-state index < -0.39 is 0 Å². The van der Waals surface area contributed by atoms with Gasteiger partial charge in [-0.3, -0.25) is 4.57 Å². The van der Waals surface area contributed by atoms with Crippen molar-refractivity contribution in [3.8, 4) is 34.4 Å². The Morgan fingerprint density at radius 1 is 1.04 bits per heavy atom. The van der Waals surface area contributed by atoms with E-state index in [2.05, 4.69) is 57.6 Å². The highest BCUT2D eigenvalue weighted by molar-refractivity contribution is 5.72. The van der Waals surface area contributed by atoms with Gasteiger partial charge < -0.3 is 4.57 Å². The van der Waals surface area contributed by atoms with Crippen molar-refractivity contribution in [2.45, 2.75) is 13.5 Å². The largest absolute Gasteiger partial charge is 0.340 e. The molecule has 0 N–H and O–H groups in total. The third-order valence-corrected chi connectivity index (χ3v) is 4.95. The number of nitriles is 1. The first kappa shape index (κ1) is 14.7. The quantitative estimate of drug-likeness (QED) is 0.451. The van der Waals surface area contributed by atoms with Gasteiger partial charge in [0.15, 0.2) is 5.82 Å². The van der Waals surface area contributed by atoms with Crippen molar-refractivity contribution in [3.63, 3.8) is 0 Å². The number of aromatic nitrogens is 3. The van der Waals surface area contributed by atoms with Crippen molar-refractivity contribution in [2.24, 2.45) is 0 Å². The molecule has 0 aliphatic carbocycles. The Bertz CT molecular complexity index is 1170. The summed E-state index contributed by atoms with van der Waals surface area (Å²) in [5.74, 6) is 0.951. The molecule has 0 fully saturated rings. The lowest BCUT2D eigenvalue weighted by molar-refractivity contribution is 0.818.